The van der Waals surface area contributed by atoms with Gasteiger partial charge in [-0.25, -0.2) is 0 Å². The van der Waals surface area contributed by atoms with Gasteiger partial charge in [-0.05, 0) is 13.1 Å². The predicted molar refractivity (Wildman–Crippen MR) is 59.3 cm³/mol. The second-order valence-electron chi connectivity index (χ2n) is 3.99. The van der Waals surface area contributed by atoms with Gasteiger partial charge in [-0.2, -0.15) is 0 Å². The Bertz CT molecular complexity index is 387. The van der Waals surface area contributed by atoms with E-state index in [-0.39, 0.29) is 11.7 Å². The molecule has 1 aliphatic heterocycles. The molecule has 5 nitrogen and oxygen atoms in total. The van der Waals surface area contributed by atoms with Crippen LogP contribution in [0.3, 0.4) is 0 Å². The van der Waals surface area contributed by atoms with E-state index >= 15 is 0 Å². The van der Waals surface area contributed by atoms with E-state index in [1.54, 1.807) is 11.0 Å². The van der Waals surface area contributed by atoms with E-state index in [1.807, 2.05) is 7.05 Å². The highest BCUT2D eigenvalue weighted by molar-refractivity contribution is 5.96. The second kappa shape index (κ2) is 4.49. The Morgan fingerprint density at radius 1 is 1.38 bits per heavy atom. The third-order valence-electron chi connectivity index (χ3n) is 2.82. The smallest absolute Gasteiger partial charge is 0.257 e. The number of carbonyl (C=O) groups excluding carboxylic acids is 1. The van der Waals surface area contributed by atoms with Crippen LogP contribution in [0.25, 0.3) is 0 Å². The van der Waals surface area contributed by atoms with Crippen molar-refractivity contribution in [3.8, 4) is 5.75 Å². The van der Waals surface area contributed by atoms with Gasteiger partial charge in [0.05, 0.1) is 11.8 Å². The van der Waals surface area contributed by atoms with Gasteiger partial charge in [0.15, 0.2) is 0 Å². The molecule has 1 aromatic rings. The number of rotatable bonds is 1. The van der Waals surface area contributed by atoms with Crippen LogP contribution in [0, 0.1) is 0 Å². The molecular formula is C11H15N3O2. The molecule has 0 unspecified atom stereocenters. The van der Waals surface area contributed by atoms with Crippen LogP contribution in [0.2, 0.25) is 0 Å². The minimum absolute atomic E-state index is 0.0496. The number of hydrogen-bond acceptors (Lipinski definition) is 4. The van der Waals surface area contributed by atoms with Gasteiger partial charge < -0.3 is 14.9 Å². The van der Waals surface area contributed by atoms with Crippen LogP contribution < -0.4 is 0 Å². The minimum Gasteiger partial charge on any atom is -0.505 e. The Labute approximate surface area is 94.3 Å². The van der Waals surface area contributed by atoms with Crippen molar-refractivity contribution in [1.29, 1.82) is 0 Å². The summed E-state index contributed by atoms with van der Waals surface area (Å²) in [5.74, 6) is -0.167. The number of aromatic nitrogens is 1. The molecule has 0 atom stereocenters. The SMILES string of the molecule is CN1CCN(C(=O)c2ccncc2O)CC1. The van der Waals surface area contributed by atoms with Crippen LogP contribution in [0.4, 0.5) is 0 Å². The zero-order valence-corrected chi connectivity index (χ0v) is 9.26. The van der Waals surface area contributed by atoms with E-state index in [0.717, 1.165) is 13.1 Å². The lowest BCUT2D eigenvalue weighted by Gasteiger charge is -2.32. The van der Waals surface area contributed by atoms with E-state index in [9.17, 15) is 9.90 Å². The highest BCUT2D eigenvalue weighted by Gasteiger charge is 2.22. The molecule has 1 aromatic heterocycles. The highest BCUT2D eigenvalue weighted by Crippen LogP contribution is 2.17. The molecule has 0 spiro atoms. The standard InChI is InChI=1S/C11H15N3O2/c1-13-4-6-14(7-5-13)11(16)9-2-3-12-8-10(9)15/h2-3,8,15H,4-7H2,1H3. The molecule has 1 N–H and O–H groups in total. The quantitative estimate of drug-likeness (QED) is 0.734. The lowest BCUT2D eigenvalue weighted by atomic mass is 10.2. The normalized spacial score (nSPS) is 17.4. The first-order chi connectivity index (χ1) is 7.68. The maximum atomic E-state index is 12.0. The third kappa shape index (κ3) is 2.14. The molecule has 0 aromatic carbocycles. The summed E-state index contributed by atoms with van der Waals surface area (Å²) >= 11 is 0. The summed E-state index contributed by atoms with van der Waals surface area (Å²) in [5, 5.41) is 9.54. The Kier molecular flexibility index (Phi) is 3.05. The fourth-order valence-corrected chi connectivity index (χ4v) is 1.75. The van der Waals surface area contributed by atoms with Crippen molar-refractivity contribution in [3.05, 3.63) is 24.0 Å². The van der Waals surface area contributed by atoms with Crippen molar-refractivity contribution in [2.75, 3.05) is 33.2 Å². The molecule has 1 amide bonds. The number of aromatic hydroxyl groups is 1. The summed E-state index contributed by atoms with van der Waals surface area (Å²) in [6.45, 7) is 3.16. The molecule has 16 heavy (non-hydrogen) atoms. The number of carbonyl (C=O) groups is 1. The summed E-state index contributed by atoms with van der Waals surface area (Å²) in [6.07, 6.45) is 2.81. The van der Waals surface area contributed by atoms with Crippen molar-refractivity contribution < 1.29 is 9.90 Å². The van der Waals surface area contributed by atoms with Crippen molar-refractivity contribution in [3.63, 3.8) is 0 Å². The first kappa shape index (κ1) is 10.9. The van der Waals surface area contributed by atoms with Crippen LogP contribution in [0.1, 0.15) is 10.4 Å². The molecule has 2 heterocycles. The summed E-state index contributed by atoms with van der Waals surface area (Å²) in [6, 6.07) is 1.55. The molecule has 1 aliphatic rings. The number of amides is 1. The van der Waals surface area contributed by atoms with Crippen LogP contribution in [0.5, 0.6) is 5.75 Å². The highest BCUT2D eigenvalue weighted by atomic mass is 16.3. The molecular weight excluding hydrogens is 206 g/mol. The van der Waals surface area contributed by atoms with Crippen LogP contribution in [-0.4, -0.2) is 59.0 Å². The van der Waals surface area contributed by atoms with Gasteiger partial charge >= 0.3 is 0 Å². The number of likely N-dealkylation sites (N-methyl/N-ethyl adjacent to an activating group) is 1. The molecule has 1 saturated heterocycles. The zero-order valence-electron chi connectivity index (χ0n) is 9.26. The van der Waals surface area contributed by atoms with Gasteiger partial charge in [0.25, 0.3) is 5.91 Å². The van der Waals surface area contributed by atoms with Crippen molar-refractivity contribution in [1.82, 2.24) is 14.8 Å². The van der Waals surface area contributed by atoms with Gasteiger partial charge in [-0.3, -0.25) is 9.78 Å². The maximum Gasteiger partial charge on any atom is 0.257 e. The lowest BCUT2D eigenvalue weighted by molar-refractivity contribution is 0.0661. The van der Waals surface area contributed by atoms with E-state index in [0.29, 0.717) is 18.7 Å². The lowest BCUT2D eigenvalue weighted by Crippen LogP contribution is -2.47. The third-order valence-corrected chi connectivity index (χ3v) is 2.82. The second-order valence-corrected chi connectivity index (χ2v) is 3.99. The maximum absolute atomic E-state index is 12.0. The molecule has 0 radical (unpaired) electrons. The summed E-state index contributed by atoms with van der Waals surface area (Å²) in [5.41, 5.74) is 0.333. The average Bonchev–Trinajstić information content (AvgIpc) is 2.30. The van der Waals surface area contributed by atoms with Crippen molar-refractivity contribution in [2.45, 2.75) is 0 Å². The zero-order chi connectivity index (χ0) is 11.5. The topological polar surface area (TPSA) is 56.7 Å². The Morgan fingerprint density at radius 2 is 2.06 bits per heavy atom. The Morgan fingerprint density at radius 3 is 2.69 bits per heavy atom. The van der Waals surface area contributed by atoms with Crippen LogP contribution in [0.15, 0.2) is 18.5 Å². The Hall–Kier alpha value is -1.62. The van der Waals surface area contributed by atoms with Crippen LogP contribution >= 0.6 is 0 Å². The molecule has 0 bridgehead atoms. The minimum atomic E-state index is -0.118. The Balaban J connectivity index is 2.11. The first-order valence-corrected chi connectivity index (χ1v) is 5.29. The molecule has 0 saturated carbocycles. The molecule has 86 valence electrons. The van der Waals surface area contributed by atoms with E-state index in [2.05, 4.69) is 9.88 Å². The van der Waals surface area contributed by atoms with E-state index in [1.165, 1.54) is 12.4 Å². The average molecular weight is 221 g/mol. The summed E-state index contributed by atoms with van der Waals surface area (Å²) in [4.78, 5) is 19.7. The van der Waals surface area contributed by atoms with Crippen molar-refractivity contribution >= 4 is 5.91 Å². The number of hydrogen-bond donors (Lipinski definition) is 1. The largest absolute Gasteiger partial charge is 0.505 e. The predicted octanol–water partition coefficient (Wildman–Crippen LogP) is 0.175. The summed E-state index contributed by atoms with van der Waals surface area (Å²) < 4.78 is 0. The van der Waals surface area contributed by atoms with Gasteiger partial charge in [-0.1, -0.05) is 0 Å². The first-order valence-electron chi connectivity index (χ1n) is 5.29. The fourth-order valence-electron chi connectivity index (χ4n) is 1.75. The monoisotopic (exact) mass is 221 g/mol. The molecule has 1 fully saturated rings. The van der Waals surface area contributed by atoms with Gasteiger partial charge in [-0.15, -0.1) is 0 Å². The number of nitrogens with zero attached hydrogens (tertiary/aromatic N) is 3. The molecule has 2 rings (SSSR count). The number of piperazine rings is 1. The van der Waals surface area contributed by atoms with Gasteiger partial charge in [0, 0.05) is 32.4 Å². The van der Waals surface area contributed by atoms with E-state index in [4.69, 9.17) is 0 Å². The number of pyridine rings is 1. The molecule has 0 aliphatic carbocycles. The van der Waals surface area contributed by atoms with Crippen molar-refractivity contribution in [2.24, 2.45) is 0 Å². The van der Waals surface area contributed by atoms with Crippen LogP contribution in [-0.2, 0) is 0 Å². The van der Waals surface area contributed by atoms with Gasteiger partial charge in [0.1, 0.15) is 5.75 Å². The van der Waals surface area contributed by atoms with E-state index < -0.39 is 0 Å². The summed E-state index contributed by atoms with van der Waals surface area (Å²) in [7, 11) is 2.03. The fraction of sp³-hybridized carbons (Fsp3) is 0.455. The van der Waals surface area contributed by atoms with Gasteiger partial charge in [0.2, 0.25) is 0 Å². The molecule has 5 heteroatoms.